The largest absolute Gasteiger partial charge is 0.354 e. The Kier molecular flexibility index (Phi) is 5.34. The fourth-order valence-corrected chi connectivity index (χ4v) is 4.34. The molecule has 1 aliphatic heterocycles. The van der Waals surface area contributed by atoms with Crippen LogP contribution in [-0.2, 0) is 24.4 Å². The average Bonchev–Trinajstić information content (AvgIpc) is 3.32. The molecule has 1 atom stereocenters. The van der Waals surface area contributed by atoms with Crippen molar-refractivity contribution in [2.45, 2.75) is 57.8 Å². The summed E-state index contributed by atoms with van der Waals surface area (Å²) in [5.41, 5.74) is 2.55. The fourth-order valence-electron chi connectivity index (χ4n) is 4.34. The molecule has 0 spiro atoms. The first-order valence-corrected chi connectivity index (χ1v) is 9.81. The molecule has 5 nitrogen and oxygen atoms in total. The van der Waals surface area contributed by atoms with Gasteiger partial charge in [0.25, 0.3) is 0 Å². The van der Waals surface area contributed by atoms with Crippen LogP contribution < -0.4 is 5.32 Å². The van der Waals surface area contributed by atoms with Crippen LogP contribution in [0.1, 0.15) is 43.4 Å². The Morgan fingerprint density at radius 1 is 1.23 bits per heavy atom. The van der Waals surface area contributed by atoms with E-state index in [9.17, 15) is 4.79 Å². The minimum atomic E-state index is 0.219. The molecule has 1 aliphatic carbocycles. The Labute approximate surface area is 155 Å². The third-order valence-electron chi connectivity index (χ3n) is 5.80. The van der Waals surface area contributed by atoms with Gasteiger partial charge in [0.15, 0.2) is 0 Å². The van der Waals surface area contributed by atoms with Crippen molar-refractivity contribution in [2.75, 3.05) is 6.54 Å². The van der Waals surface area contributed by atoms with Gasteiger partial charge >= 0.3 is 0 Å². The molecule has 2 aromatic rings. The second kappa shape index (κ2) is 8.04. The normalized spacial score (nSPS) is 20.8. The van der Waals surface area contributed by atoms with Gasteiger partial charge in [-0.05, 0) is 42.5 Å². The van der Waals surface area contributed by atoms with Crippen LogP contribution in [0.3, 0.4) is 0 Å². The molecule has 1 unspecified atom stereocenters. The van der Waals surface area contributed by atoms with E-state index in [0.29, 0.717) is 24.9 Å². The van der Waals surface area contributed by atoms with E-state index in [0.717, 1.165) is 19.6 Å². The molecule has 0 radical (unpaired) electrons. The zero-order valence-electron chi connectivity index (χ0n) is 15.3. The van der Waals surface area contributed by atoms with Crippen molar-refractivity contribution in [1.82, 2.24) is 19.8 Å². The molecule has 1 fully saturated rings. The second-order valence-electron chi connectivity index (χ2n) is 7.73. The number of nitrogens with one attached hydrogen (secondary N) is 1. The minimum absolute atomic E-state index is 0.219. The van der Waals surface area contributed by atoms with Gasteiger partial charge < -0.3 is 9.88 Å². The monoisotopic (exact) mass is 352 g/mol. The molecule has 1 saturated carbocycles. The maximum absolute atomic E-state index is 12.4. The topological polar surface area (TPSA) is 50.2 Å². The fraction of sp³-hybridized carbons (Fsp3) is 0.524. The van der Waals surface area contributed by atoms with E-state index < -0.39 is 0 Å². The Morgan fingerprint density at radius 2 is 2.12 bits per heavy atom. The maximum atomic E-state index is 12.4. The first-order valence-electron chi connectivity index (χ1n) is 9.81. The van der Waals surface area contributed by atoms with Crippen molar-refractivity contribution in [3.05, 3.63) is 54.1 Å². The first kappa shape index (κ1) is 17.3. The highest BCUT2D eigenvalue weighted by atomic mass is 16.1. The molecule has 2 aliphatic rings. The summed E-state index contributed by atoms with van der Waals surface area (Å²) in [7, 11) is 0. The van der Waals surface area contributed by atoms with Crippen LogP contribution in [0.25, 0.3) is 0 Å². The maximum Gasteiger partial charge on any atom is 0.220 e. The quantitative estimate of drug-likeness (QED) is 0.870. The van der Waals surface area contributed by atoms with Crippen molar-refractivity contribution >= 4 is 5.91 Å². The summed E-state index contributed by atoms with van der Waals surface area (Å²) < 4.78 is 2.31. The molecule has 26 heavy (non-hydrogen) atoms. The number of hydrogen-bond donors (Lipinski definition) is 1. The third kappa shape index (κ3) is 4.15. The molecule has 4 rings (SSSR count). The van der Waals surface area contributed by atoms with Crippen LogP contribution >= 0.6 is 0 Å². The molecule has 1 amide bonds. The lowest BCUT2D eigenvalue weighted by molar-refractivity contribution is -0.122. The van der Waals surface area contributed by atoms with Gasteiger partial charge in [0, 0.05) is 62.9 Å². The number of nitrogens with zero attached hydrogens (tertiary/aromatic N) is 3. The van der Waals surface area contributed by atoms with Crippen LogP contribution in [0.2, 0.25) is 0 Å². The Morgan fingerprint density at radius 3 is 2.92 bits per heavy atom. The molecule has 1 N–H and O–H groups in total. The van der Waals surface area contributed by atoms with E-state index in [4.69, 9.17) is 0 Å². The Balaban J connectivity index is 1.38. The van der Waals surface area contributed by atoms with Crippen molar-refractivity contribution in [3.63, 3.8) is 0 Å². The lowest BCUT2D eigenvalue weighted by atomic mass is 10.0. The van der Waals surface area contributed by atoms with Crippen LogP contribution in [-0.4, -0.2) is 32.9 Å². The molecular formula is C21H28N4O. The zero-order chi connectivity index (χ0) is 17.8. The summed E-state index contributed by atoms with van der Waals surface area (Å²) >= 11 is 0. The van der Waals surface area contributed by atoms with Crippen LogP contribution in [0.4, 0.5) is 0 Å². The number of pyridine rings is 1. The van der Waals surface area contributed by atoms with Gasteiger partial charge in [-0.2, -0.15) is 0 Å². The van der Waals surface area contributed by atoms with Gasteiger partial charge in [0.05, 0.1) is 0 Å². The smallest absolute Gasteiger partial charge is 0.220 e. The molecule has 138 valence electrons. The Bertz CT molecular complexity index is 721. The summed E-state index contributed by atoms with van der Waals surface area (Å²) in [5, 5.41) is 3.21. The summed E-state index contributed by atoms with van der Waals surface area (Å²) in [4.78, 5) is 19.1. The van der Waals surface area contributed by atoms with E-state index in [-0.39, 0.29) is 5.91 Å². The molecule has 0 saturated heterocycles. The number of amides is 1. The number of fused-ring (bicyclic) bond motifs is 1. The summed E-state index contributed by atoms with van der Waals surface area (Å²) in [5.74, 6) is 0.820. The number of carbonyl (C=O) groups excluding carboxylic acids is 1. The SMILES string of the molecule is O=C(CC1CCCC1)NCC1Cn2cccc2CN1Cc1cccnc1. The lowest BCUT2D eigenvalue weighted by Gasteiger charge is -2.37. The highest BCUT2D eigenvalue weighted by Crippen LogP contribution is 2.27. The molecule has 0 bridgehead atoms. The standard InChI is InChI=1S/C21H28N4O/c26-21(11-17-5-1-2-6-17)23-13-20-16-24-10-4-8-19(24)15-25(20)14-18-7-3-9-22-12-18/h3-4,7-10,12,17,20H,1-2,5-6,11,13-16H2,(H,23,26). The molecule has 5 heteroatoms. The minimum Gasteiger partial charge on any atom is -0.354 e. The highest BCUT2D eigenvalue weighted by molar-refractivity contribution is 5.76. The van der Waals surface area contributed by atoms with E-state index in [2.05, 4.69) is 44.2 Å². The van der Waals surface area contributed by atoms with Gasteiger partial charge in [-0.15, -0.1) is 0 Å². The predicted octanol–water partition coefficient (Wildman–Crippen LogP) is 2.96. The zero-order valence-corrected chi connectivity index (χ0v) is 15.3. The molecule has 2 aromatic heterocycles. The molecule has 0 aromatic carbocycles. The number of aromatic nitrogens is 2. The number of carbonyl (C=O) groups is 1. The highest BCUT2D eigenvalue weighted by Gasteiger charge is 2.27. The number of hydrogen-bond acceptors (Lipinski definition) is 3. The van der Waals surface area contributed by atoms with E-state index >= 15 is 0 Å². The van der Waals surface area contributed by atoms with E-state index in [1.54, 1.807) is 0 Å². The Hall–Kier alpha value is -2.14. The average molecular weight is 352 g/mol. The van der Waals surface area contributed by atoms with Gasteiger partial charge in [-0.3, -0.25) is 14.7 Å². The van der Waals surface area contributed by atoms with Gasteiger partial charge in [-0.1, -0.05) is 18.9 Å². The number of rotatable bonds is 6. The summed E-state index contributed by atoms with van der Waals surface area (Å²) in [6.07, 6.45) is 11.6. The molecule has 3 heterocycles. The van der Waals surface area contributed by atoms with Crippen LogP contribution in [0, 0.1) is 5.92 Å². The van der Waals surface area contributed by atoms with Crippen LogP contribution in [0.5, 0.6) is 0 Å². The van der Waals surface area contributed by atoms with Crippen LogP contribution in [0.15, 0.2) is 42.9 Å². The van der Waals surface area contributed by atoms with Gasteiger partial charge in [0.2, 0.25) is 5.91 Å². The summed E-state index contributed by atoms with van der Waals surface area (Å²) in [6, 6.07) is 8.71. The van der Waals surface area contributed by atoms with Crippen molar-refractivity contribution in [3.8, 4) is 0 Å². The van der Waals surface area contributed by atoms with E-state index in [1.807, 2.05) is 18.5 Å². The molecular weight excluding hydrogens is 324 g/mol. The second-order valence-corrected chi connectivity index (χ2v) is 7.73. The van der Waals surface area contributed by atoms with Gasteiger partial charge in [-0.25, -0.2) is 0 Å². The van der Waals surface area contributed by atoms with Crippen molar-refractivity contribution in [2.24, 2.45) is 5.92 Å². The third-order valence-corrected chi connectivity index (χ3v) is 5.80. The van der Waals surface area contributed by atoms with Crippen molar-refractivity contribution < 1.29 is 4.79 Å². The van der Waals surface area contributed by atoms with Crippen molar-refractivity contribution in [1.29, 1.82) is 0 Å². The summed E-state index contributed by atoms with van der Waals surface area (Å²) in [6.45, 7) is 3.41. The lowest BCUT2D eigenvalue weighted by Crippen LogP contribution is -2.48. The predicted molar refractivity (Wildman–Crippen MR) is 101 cm³/mol. The van der Waals surface area contributed by atoms with E-state index in [1.165, 1.54) is 36.9 Å². The first-order chi connectivity index (χ1) is 12.8. The van der Waals surface area contributed by atoms with Gasteiger partial charge in [0.1, 0.15) is 0 Å².